The molecular formula is C62H117NO5. The fourth-order valence-electron chi connectivity index (χ4n) is 9.21. The molecule has 0 aliphatic carbocycles. The molecule has 0 radical (unpaired) electrons. The molecule has 0 aliphatic rings. The zero-order valence-electron chi connectivity index (χ0n) is 45.6. The third kappa shape index (κ3) is 53.4. The van der Waals surface area contributed by atoms with E-state index in [1.54, 1.807) is 6.08 Å². The molecular weight excluding hydrogens is 839 g/mol. The second-order valence-corrected chi connectivity index (χ2v) is 20.7. The molecule has 0 saturated heterocycles. The summed E-state index contributed by atoms with van der Waals surface area (Å²) < 4.78 is 5.47. The first-order chi connectivity index (χ1) is 33.5. The number of aliphatic hydroxyl groups excluding tert-OH is 2. The molecule has 2 unspecified atom stereocenters. The van der Waals surface area contributed by atoms with Gasteiger partial charge in [0.2, 0.25) is 5.91 Å². The van der Waals surface area contributed by atoms with Crippen LogP contribution in [0.15, 0.2) is 36.5 Å². The molecule has 3 N–H and O–H groups in total. The van der Waals surface area contributed by atoms with E-state index in [1.165, 1.54) is 244 Å². The second kappa shape index (κ2) is 57.7. The summed E-state index contributed by atoms with van der Waals surface area (Å²) in [7, 11) is 0. The highest BCUT2D eigenvalue weighted by Crippen LogP contribution is 2.16. The SMILES string of the molecule is CCCCCCC/C=C\CCCCCCCC(=O)OCCCCCCCCCCC/C=C\CCCCCCCCCC(=O)NC(CO)C(O)/C=C/CCCCCCCCCCCCCCCCC. The molecule has 68 heavy (non-hydrogen) atoms. The van der Waals surface area contributed by atoms with E-state index < -0.39 is 12.1 Å². The summed E-state index contributed by atoms with van der Waals surface area (Å²) in [4.78, 5) is 24.5. The molecule has 0 saturated carbocycles. The Bertz CT molecular complexity index is 1100. The molecule has 0 heterocycles. The molecule has 0 aromatic rings. The van der Waals surface area contributed by atoms with Gasteiger partial charge in [-0.2, -0.15) is 0 Å². The van der Waals surface area contributed by atoms with Crippen molar-refractivity contribution in [2.24, 2.45) is 0 Å². The summed E-state index contributed by atoms with van der Waals surface area (Å²) in [5, 5.41) is 23.1. The Morgan fingerprint density at radius 3 is 1.04 bits per heavy atom. The van der Waals surface area contributed by atoms with Gasteiger partial charge in [0.05, 0.1) is 25.4 Å². The van der Waals surface area contributed by atoms with Crippen molar-refractivity contribution in [3.8, 4) is 0 Å². The fourth-order valence-corrected chi connectivity index (χ4v) is 9.21. The highest BCUT2D eigenvalue weighted by atomic mass is 16.5. The Balaban J connectivity index is 3.47. The van der Waals surface area contributed by atoms with Crippen molar-refractivity contribution in [3.63, 3.8) is 0 Å². The third-order valence-electron chi connectivity index (χ3n) is 13.9. The number of amides is 1. The van der Waals surface area contributed by atoms with Crippen LogP contribution in [0.3, 0.4) is 0 Å². The summed E-state index contributed by atoms with van der Waals surface area (Å²) in [5.41, 5.74) is 0. The van der Waals surface area contributed by atoms with Crippen LogP contribution in [-0.4, -0.2) is 47.4 Å². The molecule has 0 rings (SSSR count). The monoisotopic (exact) mass is 956 g/mol. The van der Waals surface area contributed by atoms with Crippen molar-refractivity contribution in [2.75, 3.05) is 13.2 Å². The largest absolute Gasteiger partial charge is 0.466 e. The van der Waals surface area contributed by atoms with Crippen molar-refractivity contribution in [3.05, 3.63) is 36.5 Å². The standard InChI is InChI=1S/C62H117NO5/c1-3-5-7-9-11-13-15-17-19-24-27-30-34-38-42-46-50-54-60(65)59(58-64)63-61(66)55-51-47-43-39-35-31-28-25-22-20-21-23-26-29-33-37-41-45-49-53-57-68-62(67)56-52-48-44-40-36-32-18-16-14-12-10-8-6-4-2/h16,18,20,22,50,54,59-60,64-65H,3-15,17,19,21,23-49,51-53,55-58H2,1-2H3,(H,63,66)/b18-16-,22-20-,54-50+. The van der Waals surface area contributed by atoms with Crippen LogP contribution in [0.1, 0.15) is 322 Å². The Morgan fingerprint density at radius 2 is 0.691 bits per heavy atom. The van der Waals surface area contributed by atoms with Gasteiger partial charge in [0.1, 0.15) is 0 Å². The predicted molar refractivity (Wildman–Crippen MR) is 296 cm³/mol. The maximum atomic E-state index is 12.5. The zero-order valence-corrected chi connectivity index (χ0v) is 45.6. The Morgan fingerprint density at radius 1 is 0.397 bits per heavy atom. The van der Waals surface area contributed by atoms with Crippen molar-refractivity contribution >= 4 is 11.9 Å². The molecule has 0 aliphatic heterocycles. The molecule has 0 aromatic carbocycles. The van der Waals surface area contributed by atoms with Crippen LogP contribution in [0, 0.1) is 0 Å². The van der Waals surface area contributed by atoms with E-state index in [-0.39, 0.29) is 18.5 Å². The van der Waals surface area contributed by atoms with E-state index in [1.807, 2.05) is 6.08 Å². The van der Waals surface area contributed by atoms with Crippen molar-refractivity contribution in [1.82, 2.24) is 5.32 Å². The highest BCUT2D eigenvalue weighted by molar-refractivity contribution is 5.76. The van der Waals surface area contributed by atoms with Crippen LogP contribution in [0.25, 0.3) is 0 Å². The first kappa shape index (κ1) is 66.1. The molecule has 1 amide bonds. The molecule has 0 bridgehead atoms. The quantitative estimate of drug-likeness (QED) is 0.0321. The maximum absolute atomic E-state index is 12.5. The van der Waals surface area contributed by atoms with Gasteiger partial charge in [-0.25, -0.2) is 0 Å². The summed E-state index contributed by atoms with van der Waals surface area (Å²) >= 11 is 0. The van der Waals surface area contributed by atoms with Crippen LogP contribution >= 0.6 is 0 Å². The predicted octanol–water partition coefficient (Wildman–Crippen LogP) is 18.8. The number of unbranched alkanes of at least 4 members (excludes halogenated alkanes) is 41. The van der Waals surface area contributed by atoms with E-state index >= 15 is 0 Å². The minimum atomic E-state index is -0.850. The number of aliphatic hydroxyl groups is 2. The summed E-state index contributed by atoms with van der Waals surface area (Å²) in [6, 6.07) is -0.635. The maximum Gasteiger partial charge on any atom is 0.305 e. The number of hydrogen-bond acceptors (Lipinski definition) is 5. The lowest BCUT2D eigenvalue weighted by Gasteiger charge is -2.20. The van der Waals surface area contributed by atoms with Crippen LogP contribution in [0.4, 0.5) is 0 Å². The van der Waals surface area contributed by atoms with Crippen LogP contribution in [0.5, 0.6) is 0 Å². The lowest BCUT2D eigenvalue weighted by atomic mass is 10.0. The van der Waals surface area contributed by atoms with Gasteiger partial charge in [0.15, 0.2) is 0 Å². The van der Waals surface area contributed by atoms with Crippen molar-refractivity contribution < 1.29 is 24.5 Å². The minimum Gasteiger partial charge on any atom is -0.466 e. The normalized spacial score (nSPS) is 12.8. The Hall–Kier alpha value is -1.92. The molecule has 0 aromatic heterocycles. The number of carbonyl (C=O) groups excluding carboxylic acids is 2. The Kier molecular flexibility index (Phi) is 56.0. The smallest absolute Gasteiger partial charge is 0.305 e. The number of rotatable bonds is 56. The van der Waals surface area contributed by atoms with E-state index in [0.29, 0.717) is 19.4 Å². The number of esters is 1. The lowest BCUT2D eigenvalue weighted by Crippen LogP contribution is -2.45. The number of hydrogen-bond donors (Lipinski definition) is 3. The van der Waals surface area contributed by atoms with Gasteiger partial charge in [-0.15, -0.1) is 0 Å². The number of allylic oxidation sites excluding steroid dienone is 5. The third-order valence-corrected chi connectivity index (χ3v) is 13.9. The van der Waals surface area contributed by atoms with Gasteiger partial charge in [0, 0.05) is 12.8 Å². The van der Waals surface area contributed by atoms with Crippen molar-refractivity contribution in [1.29, 1.82) is 0 Å². The van der Waals surface area contributed by atoms with Gasteiger partial charge in [-0.3, -0.25) is 9.59 Å². The van der Waals surface area contributed by atoms with Gasteiger partial charge < -0.3 is 20.3 Å². The van der Waals surface area contributed by atoms with E-state index in [4.69, 9.17) is 4.74 Å². The molecule has 6 nitrogen and oxygen atoms in total. The number of nitrogens with one attached hydrogen (secondary N) is 1. The summed E-state index contributed by atoms with van der Waals surface area (Å²) in [6.45, 7) is 4.89. The molecule has 400 valence electrons. The number of carbonyl (C=O) groups is 2. The molecule has 2 atom stereocenters. The van der Waals surface area contributed by atoms with Gasteiger partial charge >= 0.3 is 5.97 Å². The Labute approximate surface area is 424 Å². The minimum absolute atomic E-state index is 0.00306. The van der Waals surface area contributed by atoms with Crippen molar-refractivity contribution in [2.45, 2.75) is 334 Å². The second-order valence-electron chi connectivity index (χ2n) is 20.7. The van der Waals surface area contributed by atoms with Gasteiger partial charge in [-0.05, 0) is 83.5 Å². The van der Waals surface area contributed by atoms with Gasteiger partial charge in [0.25, 0.3) is 0 Å². The molecule has 0 spiro atoms. The van der Waals surface area contributed by atoms with E-state index in [0.717, 1.165) is 51.4 Å². The first-order valence-corrected chi connectivity index (χ1v) is 30.3. The zero-order chi connectivity index (χ0) is 49.3. The van der Waals surface area contributed by atoms with Crippen LogP contribution in [-0.2, 0) is 14.3 Å². The summed E-state index contributed by atoms with van der Waals surface area (Å²) in [5.74, 6) is -0.0784. The van der Waals surface area contributed by atoms with Crippen LogP contribution < -0.4 is 5.32 Å². The average molecular weight is 957 g/mol. The summed E-state index contributed by atoms with van der Waals surface area (Å²) in [6.07, 6.45) is 71.7. The van der Waals surface area contributed by atoms with Crippen LogP contribution in [0.2, 0.25) is 0 Å². The molecule has 6 heteroatoms. The fraction of sp³-hybridized carbons (Fsp3) is 0.871. The number of ether oxygens (including phenoxy) is 1. The van der Waals surface area contributed by atoms with E-state index in [2.05, 4.69) is 43.5 Å². The molecule has 0 fully saturated rings. The average Bonchev–Trinajstić information content (AvgIpc) is 3.34. The topological polar surface area (TPSA) is 95.9 Å². The van der Waals surface area contributed by atoms with E-state index in [9.17, 15) is 19.8 Å². The first-order valence-electron chi connectivity index (χ1n) is 30.3. The highest BCUT2D eigenvalue weighted by Gasteiger charge is 2.18. The van der Waals surface area contributed by atoms with Gasteiger partial charge in [-0.1, -0.05) is 262 Å². The lowest BCUT2D eigenvalue weighted by molar-refractivity contribution is -0.143.